The molecule has 0 saturated carbocycles. The third-order valence-corrected chi connectivity index (χ3v) is 4.52. The number of carbonyl (C=O) groups is 1. The maximum atomic E-state index is 12.3. The summed E-state index contributed by atoms with van der Waals surface area (Å²) in [5.74, 6) is -0.0427. The molecule has 1 fully saturated rings. The molecule has 0 bridgehead atoms. The van der Waals surface area contributed by atoms with Crippen LogP contribution in [0.3, 0.4) is 0 Å². The molecule has 1 aliphatic heterocycles. The Morgan fingerprint density at radius 1 is 1.30 bits per heavy atom. The van der Waals surface area contributed by atoms with Crippen molar-refractivity contribution in [1.82, 2.24) is 9.80 Å². The van der Waals surface area contributed by atoms with Crippen LogP contribution in [0.15, 0.2) is 33.6 Å². The van der Waals surface area contributed by atoms with Crippen molar-refractivity contribution in [2.45, 2.75) is 6.54 Å². The molecule has 0 unspecified atom stereocenters. The summed E-state index contributed by atoms with van der Waals surface area (Å²) in [6, 6.07) is 3.77. The number of hydrogen-bond donors (Lipinski definition) is 0. The number of carbonyl (C=O) groups excluding carboxylic acids is 1. The largest absolute Gasteiger partial charge is 0.452 e. The second kappa shape index (κ2) is 5.99. The number of halogens is 1. The van der Waals surface area contributed by atoms with Crippen LogP contribution in [-0.2, 0) is 6.54 Å². The number of furan rings is 1. The van der Waals surface area contributed by atoms with Crippen molar-refractivity contribution in [3.05, 3.63) is 45.5 Å². The van der Waals surface area contributed by atoms with E-state index in [1.165, 1.54) is 11.8 Å². The van der Waals surface area contributed by atoms with Crippen LogP contribution in [0.4, 0.5) is 0 Å². The summed E-state index contributed by atoms with van der Waals surface area (Å²) in [4.78, 5) is 16.5. The molecule has 0 atom stereocenters. The van der Waals surface area contributed by atoms with E-state index in [1.54, 1.807) is 17.4 Å². The molecule has 0 radical (unpaired) electrons. The third kappa shape index (κ3) is 2.90. The van der Waals surface area contributed by atoms with Crippen molar-refractivity contribution in [3.63, 3.8) is 0 Å². The van der Waals surface area contributed by atoms with Crippen LogP contribution >= 0.6 is 22.9 Å². The monoisotopic (exact) mass is 310 g/mol. The zero-order valence-electron chi connectivity index (χ0n) is 10.9. The van der Waals surface area contributed by atoms with Gasteiger partial charge in [0.1, 0.15) is 0 Å². The topological polar surface area (TPSA) is 36.7 Å². The Morgan fingerprint density at radius 3 is 2.70 bits per heavy atom. The highest BCUT2D eigenvalue weighted by Gasteiger charge is 2.24. The number of piperazine rings is 1. The van der Waals surface area contributed by atoms with Crippen molar-refractivity contribution in [1.29, 1.82) is 0 Å². The average molecular weight is 311 g/mol. The predicted octanol–water partition coefficient (Wildman–Crippen LogP) is 2.95. The Labute approximate surface area is 126 Å². The van der Waals surface area contributed by atoms with Crippen molar-refractivity contribution in [2.75, 3.05) is 26.2 Å². The minimum absolute atomic E-state index is 0.0427. The van der Waals surface area contributed by atoms with Crippen LogP contribution in [0.5, 0.6) is 0 Å². The Balaban J connectivity index is 1.56. The van der Waals surface area contributed by atoms with Gasteiger partial charge in [-0.2, -0.15) is 11.3 Å². The van der Waals surface area contributed by atoms with E-state index in [1.807, 2.05) is 4.90 Å². The quantitative estimate of drug-likeness (QED) is 0.874. The molecule has 20 heavy (non-hydrogen) atoms. The molecule has 6 heteroatoms. The average Bonchev–Trinajstić information content (AvgIpc) is 3.10. The van der Waals surface area contributed by atoms with Gasteiger partial charge in [-0.25, -0.2) is 0 Å². The highest BCUT2D eigenvalue weighted by molar-refractivity contribution is 7.07. The van der Waals surface area contributed by atoms with Crippen molar-refractivity contribution >= 4 is 28.8 Å². The normalized spacial score (nSPS) is 16.6. The van der Waals surface area contributed by atoms with Gasteiger partial charge in [0.15, 0.2) is 0 Å². The fourth-order valence-corrected chi connectivity index (χ4v) is 3.22. The number of hydrogen-bond acceptors (Lipinski definition) is 4. The van der Waals surface area contributed by atoms with Crippen LogP contribution in [0.25, 0.3) is 0 Å². The first-order chi connectivity index (χ1) is 9.74. The lowest BCUT2D eigenvalue weighted by molar-refractivity contribution is 0.0628. The highest BCUT2D eigenvalue weighted by Crippen LogP contribution is 2.20. The summed E-state index contributed by atoms with van der Waals surface area (Å²) < 4.78 is 4.98. The molecule has 2 aromatic rings. The zero-order chi connectivity index (χ0) is 13.9. The summed E-state index contributed by atoms with van der Waals surface area (Å²) in [7, 11) is 0. The molecule has 4 nitrogen and oxygen atoms in total. The minimum Gasteiger partial charge on any atom is -0.452 e. The molecule has 0 N–H and O–H groups in total. The Kier molecular flexibility index (Phi) is 4.10. The van der Waals surface area contributed by atoms with E-state index in [9.17, 15) is 4.79 Å². The summed E-state index contributed by atoms with van der Waals surface area (Å²) in [6.45, 7) is 4.18. The molecule has 1 saturated heterocycles. The third-order valence-electron chi connectivity index (χ3n) is 3.49. The van der Waals surface area contributed by atoms with Crippen LogP contribution in [0.1, 0.15) is 15.9 Å². The number of amides is 1. The molecule has 0 aromatic carbocycles. The fraction of sp³-hybridized carbons (Fsp3) is 0.357. The van der Waals surface area contributed by atoms with Gasteiger partial charge >= 0.3 is 0 Å². The van der Waals surface area contributed by atoms with E-state index in [-0.39, 0.29) is 11.1 Å². The van der Waals surface area contributed by atoms with Crippen LogP contribution in [0.2, 0.25) is 5.22 Å². The second-order valence-corrected chi connectivity index (χ2v) is 5.93. The van der Waals surface area contributed by atoms with Gasteiger partial charge < -0.3 is 9.32 Å². The molecule has 3 rings (SSSR count). The zero-order valence-corrected chi connectivity index (χ0v) is 12.5. The molecule has 1 aliphatic rings. The van der Waals surface area contributed by atoms with Crippen molar-refractivity contribution in [2.24, 2.45) is 0 Å². The predicted molar refractivity (Wildman–Crippen MR) is 79.2 cm³/mol. The molecule has 2 aromatic heterocycles. The maximum Gasteiger partial charge on any atom is 0.258 e. The van der Waals surface area contributed by atoms with Crippen LogP contribution < -0.4 is 0 Å². The molecule has 106 valence electrons. The number of rotatable bonds is 3. The van der Waals surface area contributed by atoms with Crippen molar-refractivity contribution in [3.8, 4) is 0 Å². The Hall–Kier alpha value is -1.30. The van der Waals surface area contributed by atoms with Gasteiger partial charge in [0.2, 0.25) is 5.22 Å². The summed E-state index contributed by atoms with van der Waals surface area (Å²) >= 11 is 7.57. The Morgan fingerprint density at radius 2 is 2.10 bits per heavy atom. The minimum atomic E-state index is -0.0427. The standard InChI is InChI=1S/C14H15ClN2O2S/c15-13-12(1-7-19-13)14(18)17-5-3-16(4-6-17)9-11-2-8-20-10-11/h1-2,7-8,10H,3-6,9H2. The first-order valence-corrected chi connectivity index (χ1v) is 7.82. The van der Waals surface area contributed by atoms with E-state index >= 15 is 0 Å². The number of nitrogens with zero attached hydrogens (tertiary/aromatic N) is 2. The van der Waals surface area contributed by atoms with Gasteiger partial charge in [0.05, 0.1) is 11.8 Å². The lowest BCUT2D eigenvalue weighted by Crippen LogP contribution is -2.48. The molecule has 3 heterocycles. The van der Waals surface area contributed by atoms with Crippen LogP contribution in [-0.4, -0.2) is 41.9 Å². The molecule has 0 spiro atoms. The molecule has 0 aliphatic carbocycles. The summed E-state index contributed by atoms with van der Waals surface area (Å²) in [5.41, 5.74) is 1.80. The second-order valence-electron chi connectivity index (χ2n) is 4.81. The highest BCUT2D eigenvalue weighted by atomic mass is 35.5. The first kappa shape index (κ1) is 13.7. The summed E-state index contributed by atoms with van der Waals surface area (Å²) in [6.07, 6.45) is 1.45. The summed E-state index contributed by atoms with van der Waals surface area (Å²) in [5, 5.41) is 4.44. The van der Waals surface area contributed by atoms with E-state index in [2.05, 4.69) is 21.7 Å². The van der Waals surface area contributed by atoms with E-state index in [4.69, 9.17) is 16.0 Å². The maximum absolute atomic E-state index is 12.3. The van der Waals surface area contributed by atoms with Gasteiger partial charge in [0, 0.05) is 32.7 Å². The van der Waals surface area contributed by atoms with E-state index in [0.29, 0.717) is 5.56 Å². The lowest BCUT2D eigenvalue weighted by Gasteiger charge is -2.34. The van der Waals surface area contributed by atoms with Gasteiger partial charge in [-0.15, -0.1) is 0 Å². The first-order valence-electron chi connectivity index (χ1n) is 6.50. The van der Waals surface area contributed by atoms with Gasteiger partial charge in [-0.1, -0.05) is 0 Å². The molecular formula is C14H15ClN2O2S. The lowest BCUT2D eigenvalue weighted by atomic mass is 10.2. The van der Waals surface area contributed by atoms with Gasteiger partial charge in [-0.3, -0.25) is 9.69 Å². The number of thiophene rings is 1. The molecular weight excluding hydrogens is 296 g/mol. The van der Waals surface area contributed by atoms with Gasteiger partial charge in [0.25, 0.3) is 5.91 Å². The smallest absolute Gasteiger partial charge is 0.258 e. The Bertz CT molecular complexity index is 574. The molecule has 1 amide bonds. The van der Waals surface area contributed by atoms with Gasteiger partial charge in [-0.05, 0) is 40.1 Å². The fourth-order valence-electron chi connectivity index (χ4n) is 2.37. The van der Waals surface area contributed by atoms with E-state index < -0.39 is 0 Å². The van der Waals surface area contributed by atoms with E-state index in [0.717, 1.165) is 32.7 Å². The van der Waals surface area contributed by atoms with Crippen LogP contribution in [0, 0.1) is 0 Å². The SMILES string of the molecule is O=C(c1ccoc1Cl)N1CCN(Cc2ccsc2)CC1. The van der Waals surface area contributed by atoms with Crippen molar-refractivity contribution < 1.29 is 9.21 Å².